The molecule has 0 saturated carbocycles. The Morgan fingerprint density at radius 2 is 1.70 bits per heavy atom. The molecule has 0 unspecified atom stereocenters. The molecular weight excluding hydrogens is 443 g/mol. The first-order chi connectivity index (χ1) is 15.4. The van der Waals surface area contributed by atoms with Gasteiger partial charge in [0, 0.05) is 24.4 Å². The lowest BCUT2D eigenvalue weighted by atomic mass is 9.86. The predicted octanol–water partition coefficient (Wildman–Crippen LogP) is 4.50. The smallest absolute Gasteiger partial charge is 0.341 e. The Morgan fingerprint density at radius 3 is 2.18 bits per heavy atom. The van der Waals surface area contributed by atoms with E-state index < -0.39 is 51.6 Å². The number of hydrogen-bond donors (Lipinski definition) is 2. The van der Waals surface area contributed by atoms with Gasteiger partial charge in [0.05, 0.1) is 30.7 Å². The summed E-state index contributed by atoms with van der Waals surface area (Å²) in [5.74, 6) is -6.53. The molecule has 2 N–H and O–H groups in total. The Hall–Kier alpha value is -3.53. The third-order valence-corrected chi connectivity index (χ3v) is 5.23. The van der Waals surface area contributed by atoms with Gasteiger partial charge < -0.3 is 24.3 Å². The Kier molecular flexibility index (Phi) is 6.42. The fourth-order valence-corrected chi connectivity index (χ4v) is 3.52. The van der Waals surface area contributed by atoms with E-state index in [1.807, 2.05) is 20.8 Å². The largest absolute Gasteiger partial charge is 0.493 e. The number of halogens is 3. The van der Waals surface area contributed by atoms with Gasteiger partial charge in [0.1, 0.15) is 11.4 Å². The van der Waals surface area contributed by atoms with Crippen LogP contribution in [0.25, 0.3) is 10.9 Å². The molecule has 0 radical (unpaired) electrons. The van der Waals surface area contributed by atoms with Gasteiger partial charge in [-0.25, -0.2) is 18.0 Å². The summed E-state index contributed by atoms with van der Waals surface area (Å²) >= 11 is 0. The van der Waals surface area contributed by atoms with Crippen LogP contribution in [0.5, 0.6) is 17.2 Å². The molecule has 33 heavy (non-hydrogen) atoms. The molecule has 0 amide bonds. The summed E-state index contributed by atoms with van der Waals surface area (Å²) in [4.78, 5) is 24.6. The molecule has 0 bridgehead atoms. The lowest BCUT2D eigenvalue weighted by Gasteiger charge is -2.33. The molecule has 0 spiro atoms. The van der Waals surface area contributed by atoms with Crippen molar-refractivity contribution in [2.45, 2.75) is 26.8 Å². The number of nitrogens with zero attached hydrogens (tertiary/aromatic N) is 1. The van der Waals surface area contributed by atoms with Gasteiger partial charge in [0.15, 0.2) is 28.9 Å². The molecule has 0 aliphatic rings. The van der Waals surface area contributed by atoms with E-state index >= 15 is 0 Å². The molecule has 1 aromatic heterocycles. The molecule has 0 aliphatic heterocycles. The molecule has 3 rings (SSSR count). The standard InChI is InChI=1S/C23H22F3NO6/c1-23(2,3)19(10-28)27-9-13(22(30)31)20(29)12-7-18(17(32-4)8-16(12)27)33-21-14(25)5-11(24)6-15(21)26/h5-9,19,28H,10H2,1-4H3,(H,30,31)/t19-/m1/s1. The van der Waals surface area contributed by atoms with Crippen molar-refractivity contribution in [2.24, 2.45) is 5.41 Å². The molecule has 7 nitrogen and oxygen atoms in total. The highest BCUT2D eigenvalue weighted by Gasteiger charge is 2.29. The predicted molar refractivity (Wildman–Crippen MR) is 114 cm³/mol. The van der Waals surface area contributed by atoms with Crippen LogP contribution in [0.2, 0.25) is 0 Å². The van der Waals surface area contributed by atoms with Crippen molar-refractivity contribution in [3.63, 3.8) is 0 Å². The van der Waals surface area contributed by atoms with Gasteiger partial charge in [0.25, 0.3) is 0 Å². The number of aliphatic hydroxyl groups is 1. The van der Waals surface area contributed by atoms with E-state index in [4.69, 9.17) is 9.47 Å². The fraction of sp³-hybridized carbons (Fsp3) is 0.304. The van der Waals surface area contributed by atoms with Gasteiger partial charge in [0.2, 0.25) is 5.43 Å². The normalized spacial score (nSPS) is 12.6. The number of aliphatic hydroxyl groups excluding tert-OH is 1. The number of carboxylic acid groups (broad SMARTS) is 1. The van der Waals surface area contributed by atoms with Crippen LogP contribution < -0.4 is 14.9 Å². The quantitative estimate of drug-likeness (QED) is 0.557. The molecule has 176 valence electrons. The number of benzene rings is 2. The van der Waals surface area contributed by atoms with E-state index in [1.54, 1.807) is 0 Å². The average molecular weight is 465 g/mol. The number of pyridine rings is 1. The minimum atomic E-state index is -1.49. The second-order valence-electron chi connectivity index (χ2n) is 8.47. The Labute approximate surface area is 186 Å². The highest BCUT2D eigenvalue weighted by atomic mass is 19.1. The lowest BCUT2D eigenvalue weighted by Crippen LogP contribution is -2.30. The number of rotatable bonds is 6. The van der Waals surface area contributed by atoms with Crippen LogP contribution in [0, 0.1) is 22.9 Å². The first-order valence-corrected chi connectivity index (χ1v) is 9.82. The Balaban J connectivity index is 2.35. The van der Waals surface area contributed by atoms with E-state index in [1.165, 1.54) is 17.7 Å². The van der Waals surface area contributed by atoms with E-state index in [0.29, 0.717) is 12.1 Å². The molecule has 0 saturated heterocycles. The lowest BCUT2D eigenvalue weighted by molar-refractivity contribution is 0.0692. The second kappa shape index (κ2) is 8.78. The fourth-order valence-electron chi connectivity index (χ4n) is 3.52. The van der Waals surface area contributed by atoms with Gasteiger partial charge in [-0.05, 0) is 11.5 Å². The number of carbonyl (C=O) groups is 1. The van der Waals surface area contributed by atoms with Gasteiger partial charge in [-0.3, -0.25) is 4.79 Å². The highest BCUT2D eigenvalue weighted by molar-refractivity contribution is 5.93. The summed E-state index contributed by atoms with van der Waals surface area (Å²) < 4.78 is 53.5. The van der Waals surface area contributed by atoms with Crippen LogP contribution in [0.3, 0.4) is 0 Å². The van der Waals surface area contributed by atoms with Gasteiger partial charge in [-0.15, -0.1) is 0 Å². The minimum absolute atomic E-state index is 0.0348. The van der Waals surface area contributed by atoms with Crippen molar-refractivity contribution >= 4 is 16.9 Å². The first kappa shape index (κ1) is 24.1. The maximum absolute atomic E-state index is 14.1. The number of carboxylic acids is 1. The molecule has 0 aliphatic carbocycles. The third kappa shape index (κ3) is 4.51. The topological polar surface area (TPSA) is 98.0 Å². The van der Waals surface area contributed by atoms with E-state index in [2.05, 4.69) is 0 Å². The Morgan fingerprint density at radius 1 is 1.09 bits per heavy atom. The summed E-state index contributed by atoms with van der Waals surface area (Å²) in [6.07, 6.45) is 1.14. The average Bonchev–Trinajstić information content (AvgIpc) is 2.71. The number of hydrogen-bond acceptors (Lipinski definition) is 5. The first-order valence-electron chi connectivity index (χ1n) is 9.82. The maximum atomic E-state index is 14.1. The van der Waals surface area contributed by atoms with Crippen molar-refractivity contribution in [1.82, 2.24) is 4.57 Å². The van der Waals surface area contributed by atoms with E-state index in [0.717, 1.165) is 12.3 Å². The highest BCUT2D eigenvalue weighted by Crippen LogP contribution is 2.39. The van der Waals surface area contributed by atoms with E-state index in [-0.39, 0.29) is 29.0 Å². The maximum Gasteiger partial charge on any atom is 0.341 e. The molecule has 10 heteroatoms. The van der Waals surface area contributed by atoms with E-state index in [9.17, 15) is 33.0 Å². The monoisotopic (exact) mass is 465 g/mol. The summed E-state index contributed by atoms with van der Waals surface area (Å²) in [7, 11) is 1.26. The summed E-state index contributed by atoms with van der Waals surface area (Å²) in [5, 5.41) is 19.4. The minimum Gasteiger partial charge on any atom is -0.493 e. The zero-order chi connectivity index (χ0) is 24.7. The zero-order valence-electron chi connectivity index (χ0n) is 18.3. The van der Waals surface area contributed by atoms with Crippen molar-refractivity contribution in [1.29, 1.82) is 0 Å². The molecule has 2 aromatic carbocycles. The van der Waals surface area contributed by atoms with Crippen LogP contribution in [0.1, 0.15) is 37.2 Å². The van der Waals surface area contributed by atoms with Crippen molar-refractivity contribution < 1.29 is 37.7 Å². The second-order valence-corrected chi connectivity index (χ2v) is 8.47. The number of methoxy groups -OCH3 is 1. The van der Waals surface area contributed by atoms with Crippen LogP contribution in [0.4, 0.5) is 13.2 Å². The van der Waals surface area contributed by atoms with Crippen LogP contribution in [-0.4, -0.2) is 34.5 Å². The molecule has 3 aromatic rings. The summed E-state index contributed by atoms with van der Waals surface area (Å²) in [6.45, 7) is 5.11. The number of aromatic carboxylic acids is 1. The van der Waals surface area contributed by atoms with Crippen molar-refractivity contribution in [2.75, 3.05) is 13.7 Å². The molecular formula is C23H22F3NO6. The Bertz CT molecular complexity index is 1270. The van der Waals surface area contributed by atoms with Crippen molar-refractivity contribution in [3.05, 3.63) is 63.7 Å². The number of fused-ring (bicyclic) bond motifs is 1. The van der Waals surface area contributed by atoms with Gasteiger partial charge >= 0.3 is 5.97 Å². The van der Waals surface area contributed by atoms with Crippen LogP contribution in [0.15, 0.2) is 35.3 Å². The zero-order valence-corrected chi connectivity index (χ0v) is 18.3. The SMILES string of the molecule is COc1cc2c(cc1Oc1c(F)cc(F)cc1F)c(=O)c(C(=O)O)cn2[C@H](CO)C(C)(C)C. The van der Waals surface area contributed by atoms with Crippen LogP contribution >= 0.6 is 0 Å². The molecule has 0 fully saturated rings. The summed E-state index contributed by atoms with van der Waals surface area (Å²) in [5.41, 5.74) is -1.77. The van der Waals surface area contributed by atoms with Crippen molar-refractivity contribution in [3.8, 4) is 17.2 Å². The third-order valence-electron chi connectivity index (χ3n) is 5.23. The summed E-state index contributed by atoms with van der Waals surface area (Å²) in [6, 6.07) is 2.65. The van der Waals surface area contributed by atoms with Gasteiger partial charge in [-0.2, -0.15) is 0 Å². The number of ether oxygens (including phenoxy) is 2. The molecule has 1 atom stereocenters. The van der Waals surface area contributed by atoms with Crippen LogP contribution in [-0.2, 0) is 0 Å². The molecule has 1 heterocycles. The van der Waals surface area contributed by atoms with Gasteiger partial charge in [-0.1, -0.05) is 20.8 Å². The number of aromatic nitrogens is 1.